The maximum Gasteiger partial charge on any atom is 0.261 e. The molecule has 0 atom stereocenters. The third-order valence-electron chi connectivity index (χ3n) is 5.29. The molecule has 34 heavy (non-hydrogen) atoms. The van der Waals surface area contributed by atoms with Crippen molar-refractivity contribution in [3.8, 4) is 22.8 Å². The van der Waals surface area contributed by atoms with Crippen LogP contribution in [0.4, 0.5) is 0 Å². The second-order valence-corrected chi connectivity index (χ2v) is 10.6. The van der Waals surface area contributed by atoms with E-state index in [1.165, 1.54) is 0 Å². The molecule has 4 rings (SSSR count). The monoisotopic (exact) mass is 495 g/mol. The highest BCUT2D eigenvalue weighted by molar-refractivity contribution is 7.09. The van der Waals surface area contributed by atoms with Crippen LogP contribution < -0.4 is 10.3 Å². The molecule has 0 fully saturated rings. The van der Waals surface area contributed by atoms with Crippen LogP contribution >= 0.6 is 22.9 Å². The molecule has 7 nitrogen and oxygen atoms in total. The molecule has 0 aliphatic heterocycles. The Morgan fingerprint density at radius 1 is 1.09 bits per heavy atom. The second kappa shape index (κ2) is 9.27. The van der Waals surface area contributed by atoms with Crippen LogP contribution in [-0.2, 0) is 12.0 Å². The number of ether oxygens (including phenoxy) is 1. The van der Waals surface area contributed by atoms with Crippen LogP contribution in [0.1, 0.15) is 48.6 Å². The van der Waals surface area contributed by atoms with Crippen molar-refractivity contribution in [3.05, 3.63) is 79.1 Å². The lowest BCUT2D eigenvalue weighted by Gasteiger charge is -2.18. The highest BCUT2D eigenvalue weighted by atomic mass is 35.5. The van der Waals surface area contributed by atoms with Crippen molar-refractivity contribution in [2.45, 2.75) is 53.6 Å². The summed E-state index contributed by atoms with van der Waals surface area (Å²) in [6.45, 7) is 12.0. The topological polar surface area (TPSA) is 82.8 Å². The van der Waals surface area contributed by atoms with Gasteiger partial charge in [0.1, 0.15) is 18.2 Å². The first-order chi connectivity index (χ1) is 16.0. The van der Waals surface area contributed by atoms with Gasteiger partial charge in [0.2, 0.25) is 0 Å². The molecule has 0 aromatic carbocycles. The summed E-state index contributed by atoms with van der Waals surface area (Å²) in [6, 6.07) is 5.42. The summed E-state index contributed by atoms with van der Waals surface area (Å²) in [5.74, 6) is 1.24. The summed E-state index contributed by atoms with van der Waals surface area (Å²) in [6.07, 6.45) is 3.26. The molecule has 4 aromatic heterocycles. The van der Waals surface area contributed by atoms with Crippen molar-refractivity contribution in [1.29, 1.82) is 0 Å². The van der Waals surface area contributed by atoms with Gasteiger partial charge < -0.3 is 4.74 Å². The van der Waals surface area contributed by atoms with E-state index >= 15 is 0 Å². The molecular weight excluding hydrogens is 470 g/mol. The number of hydrogen-bond donors (Lipinski definition) is 0. The highest BCUT2D eigenvalue weighted by Gasteiger charge is 2.20. The van der Waals surface area contributed by atoms with Crippen LogP contribution in [0.5, 0.6) is 5.75 Å². The van der Waals surface area contributed by atoms with Gasteiger partial charge in [-0.3, -0.25) is 14.3 Å². The summed E-state index contributed by atoms with van der Waals surface area (Å²) in [4.78, 5) is 31.3. The molecule has 0 aliphatic carbocycles. The fourth-order valence-corrected chi connectivity index (χ4v) is 4.26. The van der Waals surface area contributed by atoms with Gasteiger partial charge in [0, 0.05) is 34.9 Å². The van der Waals surface area contributed by atoms with Crippen molar-refractivity contribution in [3.63, 3.8) is 0 Å². The lowest BCUT2D eigenvalue weighted by atomic mass is 9.95. The minimum Gasteiger partial charge on any atom is -0.487 e. The third kappa shape index (κ3) is 4.88. The number of pyridine rings is 2. The van der Waals surface area contributed by atoms with E-state index in [2.05, 4.69) is 40.7 Å². The number of aromatic nitrogens is 5. The minimum atomic E-state index is -0.207. The van der Waals surface area contributed by atoms with Gasteiger partial charge in [-0.25, -0.2) is 15.0 Å². The fourth-order valence-electron chi connectivity index (χ4n) is 3.47. The van der Waals surface area contributed by atoms with Gasteiger partial charge in [0.05, 0.1) is 38.4 Å². The van der Waals surface area contributed by atoms with Crippen molar-refractivity contribution < 1.29 is 4.74 Å². The predicted octanol–water partition coefficient (Wildman–Crippen LogP) is 5.60. The van der Waals surface area contributed by atoms with Gasteiger partial charge >= 0.3 is 0 Å². The standard InChI is InChI=1S/C25H26ClN5O2S/c1-14-9-22(33-12-17-13-34-16(3)29-17)15(2)23(32)31(14)21-10-20(28-11-18(21)26)19-7-8-27-24(30-19)25(4,5)6/h7-11,13H,12H2,1-6H3. The van der Waals surface area contributed by atoms with E-state index < -0.39 is 0 Å². The smallest absolute Gasteiger partial charge is 0.261 e. The minimum absolute atomic E-state index is 0.205. The van der Waals surface area contributed by atoms with E-state index in [-0.39, 0.29) is 11.0 Å². The average molecular weight is 496 g/mol. The molecule has 0 unspecified atom stereocenters. The zero-order valence-corrected chi connectivity index (χ0v) is 21.6. The molecule has 0 saturated carbocycles. The Morgan fingerprint density at radius 2 is 1.85 bits per heavy atom. The molecule has 0 saturated heterocycles. The quantitative estimate of drug-likeness (QED) is 0.358. The molecule has 0 spiro atoms. The van der Waals surface area contributed by atoms with Crippen LogP contribution in [-0.4, -0.2) is 24.5 Å². The Labute approximate surface area is 207 Å². The largest absolute Gasteiger partial charge is 0.487 e. The van der Waals surface area contributed by atoms with E-state index in [1.54, 1.807) is 47.4 Å². The average Bonchev–Trinajstić information content (AvgIpc) is 3.21. The normalized spacial score (nSPS) is 11.6. The van der Waals surface area contributed by atoms with Crippen molar-refractivity contribution in [2.24, 2.45) is 0 Å². The molecule has 9 heteroatoms. The zero-order chi connectivity index (χ0) is 24.6. The number of aryl methyl sites for hydroxylation is 2. The molecule has 0 N–H and O–H groups in total. The van der Waals surface area contributed by atoms with E-state index in [1.807, 2.05) is 25.3 Å². The van der Waals surface area contributed by atoms with Gasteiger partial charge in [-0.1, -0.05) is 32.4 Å². The molecular formula is C25H26ClN5O2S. The molecule has 0 amide bonds. The number of halogens is 1. The Morgan fingerprint density at radius 3 is 2.53 bits per heavy atom. The van der Waals surface area contributed by atoms with E-state index in [0.29, 0.717) is 51.5 Å². The van der Waals surface area contributed by atoms with Crippen LogP contribution in [0.15, 0.2) is 40.8 Å². The molecule has 4 heterocycles. The molecule has 0 aliphatic rings. The number of nitrogens with zero attached hydrogens (tertiary/aromatic N) is 5. The maximum absolute atomic E-state index is 13.4. The molecule has 0 radical (unpaired) electrons. The van der Waals surface area contributed by atoms with Crippen LogP contribution in [0.25, 0.3) is 17.1 Å². The lowest BCUT2D eigenvalue weighted by molar-refractivity contribution is 0.298. The summed E-state index contributed by atoms with van der Waals surface area (Å²) in [7, 11) is 0. The first kappa shape index (κ1) is 24.0. The Bertz CT molecular complexity index is 1420. The summed E-state index contributed by atoms with van der Waals surface area (Å²) in [5, 5.41) is 3.29. The van der Waals surface area contributed by atoms with Crippen molar-refractivity contribution in [1.82, 2.24) is 24.5 Å². The lowest BCUT2D eigenvalue weighted by Crippen LogP contribution is -2.24. The summed E-state index contributed by atoms with van der Waals surface area (Å²) >= 11 is 8.07. The van der Waals surface area contributed by atoms with Crippen LogP contribution in [0, 0.1) is 20.8 Å². The second-order valence-electron chi connectivity index (χ2n) is 9.10. The van der Waals surface area contributed by atoms with E-state index in [9.17, 15) is 4.79 Å². The van der Waals surface area contributed by atoms with Gasteiger partial charge in [0.25, 0.3) is 5.56 Å². The van der Waals surface area contributed by atoms with Crippen molar-refractivity contribution >= 4 is 22.9 Å². The SMILES string of the molecule is Cc1nc(COc2cc(C)n(-c3cc(-c4ccnc(C(C)(C)C)n4)ncc3Cl)c(=O)c2C)cs1. The Kier molecular flexibility index (Phi) is 6.55. The zero-order valence-electron chi connectivity index (χ0n) is 20.0. The van der Waals surface area contributed by atoms with Gasteiger partial charge in [0.15, 0.2) is 0 Å². The van der Waals surface area contributed by atoms with Gasteiger partial charge in [-0.05, 0) is 32.9 Å². The van der Waals surface area contributed by atoms with Gasteiger partial charge in [-0.15, -0.1) is 11.3 Å². The molecule has 4 aromatic rings. The van der Waals surface area contributed by atoms with Crippen LogP contribution in [0.3, 0.4) is 0 Å². The fraction of sp³-hybridized carbons (Fsp3) is 0.320. The number of hydrogen-bond acceptors (Lipinski definition) is 7. The first-order valence-electron chi connectivity index (χ1n) is 10.8. The molecule has 176 valence electrons. The Hall–Kier alpha value is -3.10. The van der Waals surface area contributed by atoms with Crippen LogP contribution in [0.2, 0.25) is 5.02 Å². The first-order valence-corrected chi connectivity index (χ1v) is 12.1. The highest BCUT2D eigenvalue weighted by Crippen LogP contribution is 2.28. The maximum atomic E-state index is 13.4. The van der Waals surface area contributed by atoms with Crippen molar-refractivity contribution in [2.75, 3.05) is 0 Å². The summed E-state index contributed by atoms with van der Waals surface area (Å²) in [5.41, 5.74) is 3.42. The number of rotatable bonds is 5. The van der Waals surface area contributed by atoms with E-state index in [4.69, 9.17) is 16.3 Å². The third-order valence-corrected chi connectivity index (χ3v) is 6.41. The van der Waals surface area contributed by atoms with E-state index in [0.717, 1.165) is 10.7 Å². The Balaban J connectivity index is 1.73. The van der Waals surface area contributed by atoms with Gasteiger partial charge in [-0.2, -0.15) is 0 Å². The number of thiazole rings is 1. The molecule has 0 bridgehead atoms. The summed E-state index contributed by atoms with van der Waals surface area (Å²) < 4.78 is 7.50. The predicted molar refractivity (Wildman–Crippen MR) is 135 cm³/mol.